The molecule has 0 bridgehead atoms. The van der Waals surface area contributed by atoms with Crippen LogP contribution in [0.1, 0.15) is 44.9 Å². The Hall–Kier alpha value is -1.32. The van der Waals surface area contributed by atoms with Crippen molar-refractivity contribution in [2.24, 2.45) is 0 Å². The molecule has 0 amide bonds. The van der Waals surface area contributed by atoms with Gasteiger partial charge >= 0.3 is 0 Å². The highest BCUT2D eigenvalue weighted by Crippen LogP contribution is 2.40. The van der Waals surface area contributed by atoms with Crippen molar-refractivity contribution >= 4 is 10.9 Å². The zero-order valence-corrected chi connectivity index (χ0v) is 15.1. The number of fused-ring (bicyclic) bond motifs is 3. The molecule has 0 aliphatic carbocycles. The Morgan fingerprint density at radius 3 is 2.70 bits per heavy atom. The van der Waals surface area contributed by atoms with E-state index in [0.29, 0.717) is 0 Å². The van der Waals surface area contributed by atoms with E-state index >= 15 is 0 Å². The standard InChI is InChI=1S/C20H30N2O/c1-5-21(6-2)13-9-12-20(4)19-16(3)17-10-7-8-11-18(17)22(19)14-15-23-20/h7-8,10-11H,5-6,9,12-15H2,1-4H3. The van der Waals surface area contributed by atoms with E-state index in [1.54, 1.807) is 0 Å². The number of hydrogen-bond donors (Lipinski definition) is 0. The van der Waals surface area contributed by atoms with Gasteiger partial charge in [-0.15, -0.1) is 0 Å². The van der Waals surface area contributed by atoms with E-state index in [4.69, 9.17) is 4.74 Å². The lowest BCUT2D eigenvalue weighted by molar-refractivity contribution is -0.0714. The van der Waals surface area contributed by atoms with Crippen molar-refractivity contribution in [1.29, 1.82) is 0 Å². The number of rotatable bonds is 6. The Bertz CT molecular complexity index is 672. The van der Waals surface area contributed by atoms with Gasteiger partial charge in [0.05, 0.1) is 12.3 Å². The van der Waals surface area contributed by atoms with E-state index < -0.39 is 0 Å². The molecule has 23 heavy (non-hydrogen) atoms. The maximum Gasteiger partial charge on any atom is 0.106 e. The van der Waals surface area contributed by atoms with Gasteiger partial charge in [0.15, 0.2) is 0 Å². The third-order valence-electron chi connectivity index (χ3n) is 5.48. The van der Waals surface area contributed by atoms with Crippen LogP contribution in [0.25, 0.3) is 10.9 Å². The predicted octanol–water partition coefficient (Wildman–Crippen LogP) is 4.32. The van der Waals surface area contributed by atoms with Crippen LogP contribution in [-0.2, 0) is 16.9 Å². The zero-order chi connectivity index (χ0) is 16.4. The number of aromatic nitrogens is 1. The van der Waals surface area contributed by atoms with Crippen molar-refractivity contribution in [2.45, 2.75) is 52.7 Å². The maximum absolute atomic E-state index is 6.31. The fourth-order valence-corrected chi connectivity index (χ4v) is 4.19. The second-order valence-electron chi connectivity index (χ2n) is 6.85. The summed E-state index contributed by atoms with van der Waals surface area (Å²) in [6.07, 6.45) is 2.26. The number of nitrogens with zero attached hydrogens (tertiary/aromatic N) is 2. The predicted molar refractivity (Wildman–Crippen MR) is 97.0 cm³/mol. The van der Waals surface area contributed by atoms with Crippen molar-refractivity contribution in [1.82, 2.24) is 9.47 Å². The number of aryl methyl sites for hydroxylation is 1. The molecule has 2 aromatic rings. The van der Waals surface area contributed by atoms with Gasteiger partial charge in [-0.25, -0.2) is 0 Å². The van der Waals surface area contributed by atoms with Gasteiger partial charge in [0.25, 0.3) is 0 Å². The minimum Gasteiger partial charge on any atom is -0.367 e. The Labute approximate surface area is 140 Å². The first-order valence-corrected chi connectivity index (χ1v) is 9.05. The third kappa shape index (κ3) is 2.92. The van der Waals surface area contributed by atoms with Crippen molar-refractivity contribution in [2.75, 3.05) is 26.2 Å². The van der Waals surface area contributed by atoms with Gasteiger partial charge in [0.2, 0.25) is 0 Å². The second-order valence-corrected chi connectivity index (χ2v) is 6.85. The van der Waals surface area contributed by atoms with E-state index in [-0.39, 0.29) is 5.60 Å². The molecule has 2 heterocycles. The van der Waals surface area contributed by atoms with Gasteiger partial charge in [-0.1, -0.05) is 32.0 Å². The molecule has 0 spiro atoms. The summed E-state index contributed by atoms with van der Waals surface area (Å²) in [5.41, 5.74) is 3.99. The quantitative estimate of drug-likeness (QED) is 0.790. The topological polar surface area (TPSA) is 17.4 Å². The molecular weight excluding hydrogens is 284 g/mol. The molecule has 0 saturated heterocycles. The van der Waals surface area contributed by atoms with Crippen LogP contribution in [0.15, 0.2) is 24.3 Å². The molecule has 1 unspecified atom stereocenters. The highest BCUT2D eigenvalue weighted by atomic mass is 16.5. The summed E-state index contributed by atoms with van der Waals surface area (Å²) in [5.74, 6) is 0. The Morgan fingerprint density at radius 1 is 1.22 bits per heavy atom. The first kappa shape index (κ1) is 16.5. The number of ether oxygens (including phenoxy) is 1. The highest BCUT2D eigenvalue weighted by Gasteiger charge is 2.36. The lowest BCUT2D eigenvalue weighted by Crippen LogP contribution is -2.37. The van der Waals surface area contributed by atoms with Crippen LogP contribution in [0.2, 0.25) is 0 Å². The molecule has 3 rings (SSSR count). The number of hydrogen-bond acceptors (Lipinski definition) is 2. The maximum atomic E-state index is 6.31. The van der Waals surface area contributed by atoms with E-state index in [0.717, 1.165) is 39.2 Å². The Kier molecular flexibility index (Phi) is 4.79. The van der Waals surface area contributed by atoms with Crippen LogP contribution in [-0.4, -0.2) is 35.7 Å². The highest BCUT2D eigenvalue weighted by molar-refractivity contribution is 5.85. The van der Waals surface area contributed by atoms with Crippen LogP contribution in [0.3, 0.4) is 0 Å². The van der Waals surface area contributed by atoms with Crippen LogP contribution in [0, 0.1) is 6.92 Å². The lowest BCUT2D eigenvalue weighted by atomic mass is 9.91. The Balaban J connectivity index is 1.88. The summed E-state index contributed by atoms with van der Waals surface area (Å²) in [6, 6.07) is 8.77. The molecular formula is C20H30N2O. The van der Waals surface area contributed by atoms with E-state index in [1.807, 2.05) is 0 Å². The van der Waals surface area contributed by atoms with Gasteiger partial charge in [-0.3, -0.25) is 0 Å². The smallest absolute Gasteiger partial charge is 0.106 e. The van der Waals surface area contributed by atoms with Crippen LogP contribution in [0.4, 0.5) is 0 Å². The molecule has 3 heteroatoms. The second kappa shape index (κ2) is 6.66. The molecule has 1 aromatic carbocycles. The largest absolute Gasteiger partial charge is 0.367 e. The number of benzene rings is 1. The first-order chi connectivity index (χ1) is 11.1. The minimum atomic E-state index is -0.158. The van der Waals surface area contributed by atoms with Crippen LogP contribution < -0.4 is 0 Å². The van der Waals surface area contributed by atoms with Gasteiger partial charge in [0, 0.05) is 17.4 Å². The van der Waals surface area contributed by atoms with Gasteiger partial charge in [0.1, 0.15) is 5.60 Å². The van der Waals surface area contributed by atoms with Crippen molar-refractivity contribution in [3.8, 4) is 0 Å². The molecule has 0 fully saturated rings. The molecule has 0 radical (unpaired) electrons. The third-order valence-corrected chi connectivity index (χ3v) is 5.48. The summed E-state index contributed by atoms with van der Waals surface area (Å²) in [5, 5.41) is 1.38. The van der Waals surface area contributed by atoms with Crippen molar-refractivity contribution < 1.29 is 4.74 Å². The average molecular weight is 314 g/mol. The normalized spacial score (nSPS) is 21.1. The minimum absolute atomic E-state index is 0.158. The molecule has 1 aliphatic rings. The lowest BCUT2D eigenvalue weighted by Gasteiger charge is -2.37. The van der Waals surface area contributed by atoms with Gasteiger partial charge in [-0.05, 0) is 58.0 Å². The molecule has 0 saturated carbocycles. The van der Waals surface area contributed by atoms with Gasteiger partial charge < -0.3 is 14.2 Å². The monoisotopic (exact) mass is 314 g/mol. The summed E-state index contributed by atoms with van der Waals surface area (Å²) in [4.78, 5) is 2.49. The van der Waals surface area contributed by atoms with E-state index in [9.17, 15) is 0 Å². The van der Waals surface area contributed by atoms with E-state index in [1.165, 1.54) is 28.6 Å². The van der Waals surface area contributed by atoms with E-state index in [2.05, 4.69) is 61.4 Å². The molecule has 1 aliphatic heterocycles. The number of para-hydroxylation sites is 1. The summed E-state index contributed by atoms with van der Waals surface area (Å²) in [6.45, 7) is 14.2. The summed E-state index contributed by atoms with van der Waals surface area (Å²) in [7, 11) is 0. The zero-order valence-electron chi connectivity index (χ0n) is 15.1. The molecule has 3 nitrogen and oxygen atoms in total. The van der Waals surface area contributed by atoms with Crippen LogP contribution >= 0.6 is 0 Å². The molecule has 126 valence electrons. The summed E-state index contributed by atoms with van der Waals surface area (Å²) < 4.78 is 8.80. The molecule has 1 aromatic heterocycles. The van der Waals surface area contributed by atoms with Gasteiger partial charge in [-0.2, -0.15) is 0 Å². The fraction of sp³-hybridized carbons (Fsp3) is 0.600. The van der Waals surface area contributed by atoms with Crippen molar-refractivity contribution in [3.05, 3.63) is 35.5 Å². The first-order valence-electron chi connectivity index (χ1n) is 9.05. The Morgan fingerprint density at radius 2 is 1.96 bits per heavy atom. The average Bonchev–Trinajstić information content (AvgIpc) is 2.87. The summed E-state index contributed by atoms with van der Waals surface area (Å²) >= 11 is 0. The van der Waals surface area contributed by atoms with Crippen LogP contribution in [0.5, 0.6) is 0 Å². The molecule has 0 N–H and O–H groups in total. The van der Waals surface area contributed by atoms with Crippen molar-refractivity contribution in [3.63, 3.8) is 0 Å². The SMILES string of the molecule is CCN(CC)CCCC1(C)OCCn2c1c(C)c1ccccc12. The molecule has 1 atom stereocenters. The fourth-order valence-electron chi connectivity index (χ4n) is 4.19.